The second-order valence-corrected chi connectivity index (χ2v) is 4.15. The van der Waals surface area contributed by atoms with Gasteiger partial charge < -0.3 is 10.1 Å². The summed E-state index contributed by atoms with van der Waals surface area (Å²) >= 11 is 5.56. The zero-order valence-corrected chi connectivity index (χ0v) is 9.48. The van der Waals surface area contributed by atoms with Crippen LogP contribution in [0.4, 0.5) is 19.0 Å². The van der Waals surface area contributed by atoms with Gasteiger partial charge >= 0.3 is 6.18 Å². The third-order valence-corrected chi connectivity index (χ3v) is 2.60. The molecule has 1 aromatic heterocycles. The molecular weight excluding hydrogens is 257 g/mol. The van der Waals surface area contributed by atoms with Gasteiger partial charge in [0.15, 0.2) is 0 Å². The van der Waals surface area contributed by atoms with Crippen LogP contribution in [0.1, 0.15) is 12.0 Å². The molecule has 0 saturated carbocycles. The van der Waals surface area contributed by atoms with E-state index in [4.69, 9.17) is 16.3 Å². The van der Waals surface area contributed by atoms with Gasteiger partial charge in [0.05, 0.1) is 18.2 Å². The lowest BCUT2D eigenvalue weighted by Gasteiger charge is -2.14. The molecular formula is C10H10ClF3N2O. The molecule has 1 fully saturated rings. The lowest BCUT2D eigenvalue weighted by molar-refractivity contribution is -0.137. The van der Waals surface area contributed by atoms with E-state index in [-0.39, 0.29) is 17.0 Å². The Morgan fingerprint density at radius 1 is 1.41 bits per heavy atom. The third kappa shape index (κ3) is 3.23. The second kappa shape index (κ2) is 4.70. The summed E-state index contributed by atoms with van der Waals surface area (Å²) < 4.78 is 42.7. The summed E-state index contributed by atoms with van der Waals surface area (Å²) in [5.41, 5.74) is -0.807. The molecule has 0 aliphatic carbocycles. The number of hydrogen-bond donors (Lipinski definition) is 1. The number of nitrogens with zero attached hydrogens (tertiary/aromatic N) is 1. The average molecular weight is 267 g/mol. The monoisotopic (exact) mass is 266 g/mol. The van der Waals surface area contributed by atoms with Crippen LogP contribution < -0.4 is 5.32 Å². The van der Waals surface area contributed by atoms with E-state index in [2.05, 4.69) is 10.3 Å². The summed E-state index contributed by atoms with van der Waals surface area (Å²) in [5.74, 6) is 0.125. The van der Waals surface area contributed by atoms with E-state index in [9.17, 15) is 13.2 Å². The van der Waals surface area contributed by atoms with Crippen LogP contribution in [-0.2, 0) is 10.9 Å². The first-order chi connectivity index (χ1) is 7.95. The van der Waals surface area contributed by atoms with Crippen molar-refractivity contribution in [3.63, 3.8) is 0 Å². The highest BCUT2D eigenvalue weighted by Crippen LogP contribution is 2.32. The molecule has 0 radical (unpaired) electrons. The maximum Gasteiger partial charge on any atom is 0.416 e. The van der Waals surface area contributed by atoms with Gasteiger partial charge in [-0.25, -0.2) is 4.98 Å². The third-order valence-electron chi connectivity index (χ3n) is 2.40. The normalized spacial score (nSPS) is 20.6. The number of hydrogen-bond acceptors (Lipinski definition) is 3. The number of aromatic nitrogens is 1. The topological polar surface area (TPSA) is 34.2 Å². The van der Waals surface area contributed by atoms with E-state index < -0.39 is 11.7 Å². The first-order valence-electron chi connectivity index (χ1n) is 5.04. The first kappa shape index (κ1) is 12.4. The minimum absolute atomic E-state index is 0.0120. The summed E-state index contributed by atoms with van der Waals surface area (Å²) in [6.07, 6.45) is -3.68. The van der Waals surface area contributed by atoms with Gasteiger partial charge in [-0.3, -0.25) is 0 Å². The van der Waals surface area contributed by atoms with Crippen molar-refractivity contribution in [1.29, 1.82) is 0 Å². The largest absolute Gasteiger partial charge is 0.416 e. The summed E-state index contributed by atoms with van der Waals surface area (Å²) in [4.78, 5) is 3.81. The molecule has 1 unspecified atom stereocenters. The maximum atomic E-state index is 12.5. The Morgan fingerprint density at radius 3 is 2.76 bits per heavy atom. The Labute approximate surface area is 101 Å². The highest BCUT2D eigenvalue weighted by atomic mass is 35.5. The number of pyridine rings is 1. The molecule has 1 aliphatic rings. The van der Waals surface area contributed by atoms with Crippen molar-refractivity contribution < 1.29 is 17.9 Å². The molecule has 2 heterocycles. The van der Waals surface area contributed by atoms with Gasteiger partial charge in [-0.15, -0.1) is 0 Å². The van der Waals surface area contributed by atoms with Gasteiger partial charge in [0.25, 0.3) is 0 Å². The molecule has 0 amide bonds. The van der Waals surface area contributed by atoms with Crippen LogP contribution in [0, 0.1) is 0 Å². The summed E-state index contributed by atoms with van der Waals surface area (Å²) in [7, 11) is 0. The Bertz CT molecular complexity index is 405. The van der Waals surface area contributed by atoms with Crippen LogP contribution in [0.15, 0.2) is 12.1 Å². The molecule has 17 heavy (non-hydrogen) atoms. The van der Waals surface area contributed by atoms with E-state index in [1.165, 1.54) is 0 Å². The van der Waals surface area contributed by atoms with E-state index in [1.54, 1.807) is 0 Å². The molecule has 2 rings (SSSR count). The van der Waals surface area contributed by atoms with Crippen molar-refractivity contribution in [3.05, 3.63) is 22.8 Å². The van der Waals surface area contributed by atoms with Crippen LogP contribution >= 0.6 is 11.6 Å². The molecule has 3 nitrogen and oxygen atoms in total. The smallest absolute Gasteiger partial charge is 0.379 e. The quantitative estimate of drug-likeness (QED) is 0.836. The van der Waals surface area contributed by atoms with Crippen molar-refractivity contribution in [2.24, 2.45) is 0 Å². The molecule has 1 aliphatic heterocycles. The highest BCUT2D eigenvalue weighted by molar-refractivity contribution is 6.29. The molecule has 1 aromatic rings. The van der Waals surface area contributed by atoms with Crippen molar-refractivity contribution >= 4 is 17.4 Å². The highest BCUT2D eigenvalue weighted by Gasteiger charge is 2.31. The number of rotatable bonds is 2. The second-order valence-electron chi connectivity index (χ2n) is 3.77. The van der Waals surface area contributed by atoms with E-state index in [1.807, 2.05) is 0 Å². The van der Waals surface area contributed by atoms with Gasteiger partial charge in [0.2, 0.25) is 0 Å². The average Bonchev–Trinajstić information content (AvgIpc) is 2.68. The molecule has 0 aromatic carbocycles. The number of alkyl halides is 3. The Morgan fingerprint density at radius 2 is 2.18 bits per heavy atom. The summed E-state index contributed by atoms with van der Waals surface area (Å²) in [6.45, 7) is 1.07. The van der Waals surface area contributed by atoms with Gasteiger partial charge in [-0.1, -0.05) is 11.6 Å². The zero-order chi connectivity index (χ0) is 12.5. The van der Waals surface area contributed by atoms with Gasteiger partial charge in [0.1, 0.15) is 11.0 Å². The van der Waals surface area contributed by atoms with E-state index >= 15 is 0 Å². The summed E-state index contributed by atoms with van der Waals surface area (Å²) in [5, 5.41) is 2.69. The first-order valence-corrected chi connectivity index (χ1v) is 5.42. The van der Waals surface area contributed by atoms with Crippen LogP contribution in [0.3, 0.4) is 0 Å². The minimum atomic E-state index is -4.42. The standard InChI is InChI=1S/C10H10ClF3N2O/c11-8-3-6(10(12,13)14)4-9(16-8)15-7-1-2-17-5-7/h3-4,7H,1-2,5H2,(H,15,16). The van der Waals surface area contributed by atoms with Gasteiger partial charge in [-0.05, 0) is 18.6 Å². The van der Waals surface area contributed by atoms with Crippen molar-refractivity contribution in [2.75, 3.05) is 18.5 Å². The maximum absolute atomic E-state index is 12.5. The number of halogens is 4. The Kier molecular flexibility index (Phi) is 3.44. The van der Waals surface area contributed by atoms with Crippen molar-refractivity contribution in [1.82, 2.24) is 4.98 Å². The van der Waals surface area contributed by atoms with Gasteiger partial charge in [0, 0.05) is 6.61 Å². The minimum Gasteiger partial charge on any atom is -0.379 e. The molecule has 0 bridgehead atoms. The number of ether oxygens (including phenoxy) is 1. The molecule has 1 N–H and O–H groups in total. The SMILES string of the molecule is FC(F)(F)c1cc(Cl)nc(NC2CCOC2)c1. The Hall–Kier alpha value is -1.01. The predicted molar refractivity (Wildman–Crippen MR) is 57.1 cm³/mol. The fraction of sp³-hybridized carbons (Fsp3) is 0.500. The van der Waals surface area contributed by atoms with Crippen LogP contribution in [0.2, 0.25) is 5.15 Å². The van der Waals surface area contributed by atoms with E-state index in [0.29, 0.717) is 13.2 Å². The molecule has 0 spiro atoms. The lowest BCUT2D eigenvalue weighted by atomic mass is 10.2. The summed E-state index contributed by atoms with van der Waals surface area (Å²) in [6, 6.07) is 1.74. The van der Waals surface area contributed by atoms with Crippen LogP contribution in [-0.4, -0.2) is 24.2 Å². The number of anilines is 1. The van der Waals surface area contributed by atoms with E-state index in [0.717, 1.165) is 18.6 Å². The lowest BCUT2D eigenvalue weighted by Crippen LogP contribution is -2.20. The molecule has 7 heteroatoms. The zero-order valence-electron chi connectivity index (χ0n) is 8.72. The predicted octanol–water partition coefficient (Wildman–Crippen LogP) is 2.95. The molecule has 1 saturated heterocycles. The molecule has 1 atom stereocenters. The van der Waals surface area contributed by atoms with Crippen molar-refractivity contribution in [3.8, 4) is 0 Å². The fourth-order valence-electron chi connectivity index (χ4n) is 1.59. The molecule has 94 valence electrons. The fourth-order valence-corrected chi connectivity index (χ4v) is 1.80. The number of nitrogens with one attached hydrogen (secondary N) is 1. The van der Waals surface area contributed by atoms with Crippen LogP contribution in [0.5, 0.6) is 0 Å². The van der Waals surface area contributed by atoms with Crippen molar-refractivity contribution in [2.45, 2.75) is 18.6 Å². The Balaban J connectivity index is 2.19. The van der Waals surface area contributed by atoms with Crippen LogP contribution in [0.25, 0.3) is 0 Å². The van der Waals surface area contributed by atoms with Gasteiger partial charge in [-0.2, -0.15) is 13.2 Å².